The van der Waals surface area contributed by atoms with E-state index in [0.717, 1.165) is 19.0 Å². The van der Waals surface area contributed by atoms with Gasteiger partial charge < -0.3 is 5.32 Å². The van der Waals surface area contributed by atoms with Gasteiger partial charge in [-0.15, -0.1) is 0 Å². The summed E-state index contributed by atoms with van der Waals surface area (Å²) in [7, 11) is -1.76. The predicted octanol–water partition coefficient (Wildman–Crippen LogP) is 2.22. The number of hydrogen-bond acceptors (Lipinski definition) is 3. The molecule has 0 unspecified atom stereocenters. The Balaban J connectivity index is 2.65. The number of unbranched alkanes of at least 4 members (excludes halogenated alkanes) is 1. The molecule has 0 fully saturated rings. The van der Waals surface area contributed by atoms with Crippen LogP contribution in [0.25, 0.3) is 0 Å². The number of para-hydroxylation sites is 1. The Labute approximate surface area is 112 Å². The van der Waals surface area contributed by atoms with E-state index in [4.69, 9.17) is 11.6 Å². The fourth-order valence-electron chi connectivity index (χ4n) is 1.40. The second kappa shape index (κ2) is 6.92. The van der Waals surface area contributed by atoms with Gasteiger partial charge in [0.15, 0.2) is 0 Å². The molecule has 0 aliphatic carbocycles. The maximum Gasteiger partial charge on any atom is 0.232 e. The SMILES string of the molecule is CNCCCCS(=O)(=O)Nc1c(F)cccc1Cl. The van der Waals surface area contributed by atoms with Crippen molar-refractivity contribution in [2.75, 3.05) is 24.1 Å². The number of hydrogen-bond donors (Lipinski definition) is 2. The van der Waals surface area contributed by atoms with Gasteiger partial charge in [-0.05, 0) is 38.6 Å². The summed E-state index contributed by atoms with van der Waals surface area (Å²) in [6.45, 7) is 0.746. The first-order valence-electron chi connectivity index (χ1n) is 5.55. The standard InChI is InChI=1S/C11H16ClFN2O2S/c1-14-7-2-3-8-18(16,17)15-11-9(12)5-4-6-10(11)13/h4-6,14-15H,2-3,7-8H2,1H3. The van der Waals surface area contributed by atoms with Gasteiger partial charge >= 0.3 is 0 Å². The summed E-state index contributed by atoms with van der Waals surface area (Å²) in [5.41, 5.74) is -0.187. The molecule has 0 saturated carbocycles. The summed E-state index contributed by atoms with van der Waals surface area (Å²) in [5.74, 6) is -0.736. The average Bonchev–Trinajstić information content (AvgIpc) is 2.30. The maximum atomic E-state index is 13.4. The summed E-state index contributed by atoms with van der Waals surface area (Å²) >= 11 is 5.74. The highest BCUT2D eigenvalue weighted by molar-refractivity contribution is 7.92. The number of sulfonamides is 1. The van der Waals surface area contributed by atoms with Crippen LogP contribution in [-0.2, 0) is 10.0 Å². The van der Waals surface area contributed by atoms with E-state index in [-0.39, 0.29) is 16.5 Å². The van der Waals surface area contributed by atoms with Gasteiger partial charge in [0, 0.05) is 0 Å². The Morgan fingerprint density at radius 3 is 2.67 bits per heavy atom. The molecule has 7 heteroatoms. The van der Waals surface area contributed by atoms with Crippen molar-refractivity contribution in [3.05, 3.63) is 29.0 Å². The lowest BCUT2D eigenvalue weighted by molar-refractivity contribution is 0.593. The lowest BCUT2D eigenvalue weighted by Crippen LogP contribution is -2.19. The summed E-state index contributed by atoms with van der Waals surface area (Å²) in [6.07, 6.45) is 1.24. The quantitative estimate of drug-likeness (QED) is 0.758. The van der Waals surface area contributed by atoms with Gasteiger partial charge in [-0.1, -0.05) is 17.7 Å². The molecule has 1 aromatic carbocycles. The zero-order chi connectivity index (χ0) is 13.6. The smallest absolute Gasteiger partial charge is 0.232 e. The van der Waals surface area contributed by atoms with Crippen LogP contribution in [0.4, 0.5) is 10.1 Å². The highest BCUT2D eigenvalue weighted by atomic mass is 35.5. The fraction of sp³-hybridized carbons (Fsp3) is 0.455. The molecule has 0 aliphatic heterocycles. The van der Waals surface area contributed by atoms with Gasteiger partial charge in [0.2, 0.25) is 10.0 Å². The minimum Gasteiger partial charge on any atom is -0.320 e. The highest BCUT2D eigenvalue weighted by Gasteiger charge is 2.15. The molecule has 0 amide bonds. The molecule has 1 aromatic rings. The van der Waals surface area contributed by atoms with E-state index < -0.39 is 15.8 Å². The molecule has 0 spiro atoms. The molecule has 0 radical (unpaired) electrons. The predicted molar refractivity (Wildman–Crippen MR) is 72.0 cm³/mol. The van der Waals surface area contributed by atoms with Crippen LogP contribution in [0, 0.1) is 5.82 Å². The Morgan fingerprint density at radius 2 is 2.06 bits per heavy atom. The Morgan fingerprint density at radius 1 is 1.33 bits per heavy atom. The lowest BCUT2D eigenvalue weighted by Gasteiger charge is -2.10. The first-order valence-corrected chi connectivity index (χ1v) is 7.58. The Bertz CT molecular complexity index is 474. The van der Waals surface area contributed by atoms with E-state index in [1.165, 1.54) is 12.1 Å². The minimum atomic E-state index is -3.56. The molecule has 0 bridgehead atoms. The number of benzene rings is 1. The molecule has 0 aromatic heterocycles. The number of anilines is 1. The van der Waals surface area contributed by atoms with Crippen molar-refractivity contribution in [1.82, 2.24) is 5.32 Å². The molecule has 0 aliphatic rings. The lowest BCUT2D eigenvalue weighted by atomic mass is 10.3. The third kappa shape index (κ3) is 4.80. The second-order valence-corrected chi connectivity index (χ2v) is 6.08. The molecule has 0 heterocycles. The normalized spacial score (nSPS) is 11.5. The number of nitrogens with one attached hydrogen (secondary N) is 2. The zero-order valence-corrected chi connectivity index (χ0v) is 11.6. The largest absolute Gasteiger partial charge is 0.320 e. The van der Waals surface area contributed by atoms with E-state index in [1.54, 1.807) is 7.05 Å². The van der Waals surface area contributed by atoms with Gasteiger partial charge in [-0.25, -0.2) is 12.8 Å². The van der Waals surface area contributed by atoms with Crippen molar-refractivity contribution >= 4 is 27.3 Å². The van der Waals surface area contributed by atoms with Crippen molar-refractivity contribution in [2.45, 2.75) is 12.8 Å². The van der Waals surface area contributed by atoms with Crippen LogP contribution in [0.15, 0.2) is 18.2 Å². The molecule has 1 rings (SSSR count). The van der Waals surface area contributed by atoms with Crippen LogP contribution in [-0.4, -0.2) is 27.8 Å². The van der Waals surface area contributed by atoms with E-state index in [1.807, 2.05) is 0 Å². The molecule has 18 heavy (non-hydrogen) atoms. The highest BCUT2D eigenvalue weighted by Crippen LogP contribution is 2.25. The average molecular weight is 295 g/mol. The van der Waals surface area contributed by atoms with Gasteiger partial charge in [0.05, 0.1) is 10.8 Å². The van der Waals surface area contributed by atoms with Gasteiger partial charge in [0.1, 0.15) is 11.5 Å². The van der Waals surface area contributed by atoms with Crippen LogP contribution in [0.1, 0.15) is 12.8 Å². The van der Waals surface area contributed by atoms with Crippen molar-refractivity contribution in [1.29, 1.82) is 0 Å². The van der Waals surface area contributed by atoms with E-state index >= 15 is 0 Å². The van der Waals surface area contributed by atoms with Crippen molar-refractivity contribution < 1.29 is 12.8 Å². The van der Waals surface area contributed by atoms with Crippen LogP contribution in [0.2, 0.25) is 5.02 Å². The summed E-state index contributed by atoms with van der Waals surface area (Å²) in [6, 6.07) is 4.01. The van der Waals surface area contributed by atoms with Crippen molar-refractivity contribution in [2.24, 2.45) is 0 Å². The molecule has 2 N–H and O–H groups in total. The monoisotopic (exact) mass is 294 g/mol. The molecule has 0 saturated heterocycles. The topological polar surface area (TPSA) is 58.2 Å². The molecule has 102 valence electrons. The first-order chi connectivity index (χ1) is 8.46. The summed E-state index contributed by atoms with van der Waals surface area (Å²) < 4.78 is 39.0. The first kappa shape index (κ1) is 15.2. The molecular formula is C11H16ClFN2O2S. The van der Waals surface area contributed by atoms with Crippen LogP contribution < -0.4 is 10.0 Å². The second-order valence-electron chi connectivity index (χ2n) is 3.83. The summed E-state index contributed by atoms with van der Waals surface area (Å²) in [4.78, 5) is 0. The fourth-order valence-corrected chi connectivity index (χ4v) is 2.87. The van der Waals surface area contributed by atoms with Crippen LogP contribution in [0.5, 0.6) is 0 Å². The van der Waals surface area contributed by atoms with Gasteiger partial charge in [-0.2, -0.15) is 0 Å². The van der Waals surface area contributed by atoms with E-state index in [0.29, 0.717) is 6.42 Å². The molecular weight excluding hydrogens is 279 g/mol. The Kier molecular flexibility index (Phi) is 5.84. The van der Waals surface area contributed by atoms with Crippen molar-refractivity contribution in [3.8, 4) is 0 Å². The maximum absolute atomic E-state index is 13.4. The van der Waals surface area contributed by atoms with Crippen LogP contribution in [0.3, 0.4) is 0 Å². The van der Waals surface area contributed by atoms with E-state index in [9.17, 15) is 12.8 Å². The minimum absolute atomic E-state index is 0.0498. The number of rotatable bonds is 7. The third-order valence-electron chi connectivity index (χ3n) is 2.31. The van der Waals surface area contributed by atoms with Gasteiger partial charge in [0.25, 0.3) is 0 Å². The molecule has 4 nitrogen and oxygen atoms in total. The molecule has 0 atom stereocenters. The third-order valence-corrected chi connectivity index (χ3v) is 3.97. The van der Waals surface area contributed by atoms with Gasteiger partial charge in [-0.3, -0.25) is 4.72 Å². The zero-order valence-electron chi connectivity index (χ0n) is 10.0. The van der Waals surface area contributed by atoms with Crippen molar-refractivity contribution in [3.63, 3.8) is 0 Å². The summed E-state index contributed by atoms with van der Waals surface area (Å²) in [5, 5.41) is 2.98. The number of halogens is 2. The Hall–Kier alpha value is -0.850. The van der Waals surface area contributed by atoms with E-state index in [2.05, 4.69) is 10.0 Å². The van der Waals surface area contributed by atoms with Crippen LogP contribution >= 0.6 is 11.6 Å².